The summed E-state index contributed by atoms with van der Waals surface area (Å²) in [6.07, 6.45) is 3.03. The van der Waals surface area contributed by atoms with E-state index in [0.717, 1.165) is 28.9 Å². The lowest BCUT2D eigenvalue weighted by Gasteiger charge is -2.20. The van der Waals surface area contributed by atoms with Gasteiger partial charge in [-0.05, 0) is 86.9 Å². The normalized spacial score (nSPS) is 15.4. The van der Waals surface area contributed by atoms with Gasteiger partial charge >= 0.3 is 0 Å². The van der Waals surface area contributed by atoms with Crippen molar-refractivity contribution in [2.45, 2.75) is 59.1 Å². The molecule has 25 heavy (non-hydrogen) atoms. The van der Waals surface area contributed by atoms with Crippen LogP contribution in [0.3, 0.4) is 0 Å². The molecule has 2 atom stereocenters. The second-order valence-electron chi connectivity index (χ2n) is 7.20. The van der Waals surface area contributed by atoms with Gasteiger partial charge in [0.1, 0.15) is 5.75 Å². The van der Waals surface area contributed by atoms with Crippen LogP contribution in [0.15, 0.2) is 36.4 Å². The van der Waals surface area contributed by atoms with Gasteiger partial charge in [-0.3, -0.25) is 4.79 Å². The van der Waals surface area contributed by atoms with Gasteiger partial charge in [-0.15, -0.1) is 0 Å². The average Bonchev–Trinajstić information content (AvgIpc) is 3.01. The molecule has 1 amide bonds. The minimum atomic E-state index is -0.530. The summed E-state index contributed by atoms with van der Waals surface area (Å²) in [5.41, 5.74) is 6.31. The summed E-state index contributed by atoms with van der Waals surface area (Å²) in [5.74, 6) is 0.650. The topological polar surface area (TPSA) is 38.3 Å². The summed E-state index contributed by atoms with van der Waals surface area (Å²) in [6, 6.07) is 12.6. The second-order valence-corrected chi connectivity index (χ2v) is 7.20. The Morgan fingerprint density at radius 2 is 1.68 bits per heavy atom. The van der Waals surface area contributed by atoms with Gasteiger partial charge in [0, 0.05) is 0 Å². The van der Waals surface area contributed by atoms with Crippen molar-refractivity contribution in [3.8, 4) is 5.75 Å². The van der Waals surface area contributed by atoms with Gasteiger partial charge in [-0.1, -0.05) is 24.3 Å². The van der Waals surface area contributed by atoms with Gasteiger partial charge in [-0.25, -0.2) is 0 Å². The Morgan fingerprint density at radius 3 is 2.40 bits per heavy atom. The molecule has 3 rings (SSSR count). The first-order valence-electron chi connectivity index (χ1n) is 9.09. The van der Waals surface area contributed by atoms with Crippen molar-refractivity contribution in [1.82, 2.24) is 5.32 Å². The fourth-order valence-corrected chi connectivity index (χ4v) is 3.53. The fourth-order valence-electron chi connectivity index (χ4n) is 3.53. The van der Waals surface area contributed by atoms with E-state index in [9.17, 15) is 4.79 Å². The third-order valence-electron chi connectivity index (χ3n) is 4.86. The van der Waals surface area contributed by atoms with E-state index in [1.807, 2.05) is 32.9 Å². The number of hydrogen-bond acceptors (Lipinski definition) is 2. The Kier molecular flexibility index (Phi) is 5.12. The lowest BCUT2D eigenvalue weighted by Crippen LogP contribution is -2.37. The summed E-state index contributed by atoms with van der Waals surface area (Å²) < 4.78 is 5.84. The van der Waals surface area contributed by atoms with E-state index in [1.54, 1.807) is 6.92 Å². The van der Waals surface area contributed by atoms with Gasteiger partial charge in [0.25, 0.3) is 5.91 Å². The molecule has 132 valence electrons. The molecule has 1 aliphatic rings. The quantitative estimate of drug-likeness (QED) is 0.876. The van der Waals surface area contributed by atoms with Crippen molar-refractivity contribution in [2.24, 2.45) is 0 Å². The Balaban J connectivity index is 1.62. The van der Waals surface area contributed by atoms with Crippen LogP contribution in [0.4, 0.5) is 0 Å². The maximum absolute atomic E-state index is 12.5. The molecular formula is C22H27NO2. The predicted octanol–water partition coefficient (Wildman–Crippen LogP) is 4.44. The number of aryl methyl sites for hydroxylation is 4. The van der Waals surface area contributed by atoms with Crippen molar-refractivity contribution in [3.63, 3.8) is 0 Å². The van der Waals surface area contributed by atoms with E-state index in [4.69, 9.17) is 4.74 Å². The molecule has 0 bridgehead atoms. The second kappa shape index (κ2) is 7.30. The lowest BCUT2D eigenvalue weighted by atomic mass is 10.0. The first-order valence-corrected chi connectivity index (χ1v) is 9.09. The maximum Gasteiger partial charge on any atom is 0.261 e. The average molecular weight is 337 g/mol. The number of carbonyl (C=O) groups is 1. The van der Waals surface area contributed by atoms with Crippen LogP contribution in [0, 0.1) is 13.8 Å². The Labute approximate surface area is 150 Å². The van der Waals surface area contributed by atoms with Gasteiger partial charge in [-0.2, -0.15) is 0 Å². The molecule has 1 N–H and O–H groups in total. The zero-order valence-electron chi connectivity index (χ0n) is 15.6. The van der Waals surface area contributed by atoms with Crippen molar-refractivity contribution >= 4 is 5.91 Å². The summed E-state index contributed by atoms with van der Waals surface area (Å²) in [4.78, 5) is 12.5. The first-order chi connectivity index (χ1) is 11.9. The number of hydrogen-bond donors (Lipinski definition) is 1. The summed E-state index contributed by atoms with van der Waals surface area (Å²) in [5, 5.41) is 3.07. The van der Waals surface area contributed by atoms with Crippen molar-refractivity contribution in [3.05, 3.63) is 64.2 Å². The molecule has 0 unspecified atom stereocenters. The number of nitrogens with one attached hydrogen (secondary N) is 1. The predicted molar refractivity (Wildman–Crippen MR) is 101 cm³/mol. The van der Waals surface area contributed by atoms with Crippen LogP contribution in [0.25, 0.3) is 0 Å². The highest BCUT2D eigenvalue weighted by molar-refractivity contribution is 5.81. The van der Waals surface area contributed by atoms with Crippen molar-refractivity contribution < 1.29 is 9.53 Å². The van der Waals surface area contributed by atoms with Crippen LogP contribution in [-0.2, 0) is 17.6 Å². The van der Waals surface area contributed by atoms with Crippen LogP contribution in [0.2, 0.25) is 0 Å². The van der Waals surface area contributed by atoms with E-state index >= 15 is 0 Å². The highest BCUT2D eigenvalue weighted by Gasteiger charge is 2.19. The van der Waals surface area contributed by atoms with Crippen LogP contribution in [0.5, 0.6) is 5.75 Å². The highest BCUT2D eigenvalue weighted by Crippen LogP contribution is 2.25. The third-order valence-corrected chi connectivity index (χ3v) is 4.86. The number of fused-ring (bicyclic) bond motifs is 1. The molecule has 0 saturated heterocycles. The molecule has 0 radical (unpaired) electrons. The van der Waals surface area contributed by atoms with Gasteiger partial charge in [0.2, 0.25) is 0 Å². The molecule has 1 aliphatic carbocycles. The molecule has 0 fully saturated rings. The van der Waals surface area contributed by atoms with E-state index in [0.29, 0.717) is 0 Å². The van der Waals surface area contributed by atoms with E-state index in [2.05, 4.69) is 29.6 Å². The number of amides is 1. The van der Waals surface area contributed by atoms with E-state index in [1.165, 1.54) is 24.0 Å². The van der Waals surface area contributed by atoms with Crippen molar-refractivity contribution in [1.29, 1.82) is 0 Å². The minimum absolute atomic E-state index is 0.0244. The van der Waals surface area contributed by atoms with Gasteiger partial charge < -0.3 is 10.1 Å². The van der Waals surface area contributed by atoms with Crippen LogP contribution < -0.4 is 10.1 Å². The molecule has 0 heterocycles. The molecule has 0 saturated carbocycles. The lowest BCUT2D eigenvalue weighted by molar-refractivity contribution is -0.127. The standard InChI is InChI=1S/C22H27NO2/c1-14-10-15(2)12-21(11-14)25-17(4)22(24)23-16(3)19-9-8-18-6-5-7-20(18)13-19/h8-13,16-17H,5-7H2,1-4H3,(H,23,24)/t16-,17-/m1/s1. The molecule has 0 aliphatic heterocycles. The number of rotatable bonds is 5. The zero-order chi connectivity index (χ0) is 18.0. The molecule has 0 aromatic heterocycles. The molecule has 3 nitrogen and oxygen atoms in total. The molecule has 3 heteroatoms. The van der Waals surface area contributed by atoms with E-state index < -0.39 is 6.10 Å². The number of benzene rings is 2. The Hall–Kier alpha value is -2.29. The summed E-state index contributed by atoms with van der Waals surface area (Å²) >= 11 is 0. The Bertz CT molecular complexity index is 761. The van der Waals surface area contributed by atoms with Gasteiger partial charge in [0.05, 0.1) is 6.04 Å². The summed E-state index contributed by atoms with van der Waals surface area (Å²) in [7, 11) is 0. The minimum Gasteiger partial charge on any atom is -0.481 e. The fraction of sp³-hybridized carbons (Fsp3) is 0.409. The van der Waals surface area contributed by atoms with Crippen LogP contribution in [0.1, 0.15) is 54.1 Å². The highest BCUT2D eigenvalue weighted by atomic mass is 16.5. The van der Waals surface area contributed by atoms with Gasteiger partial charge in [0.15, 0.2) is 6.10 Å². The largest absolute Gasteiger partial charge is 0.481 e. The van der Waals surface area contributed by atoms with Crippen LogP contribution >= 0.6 is 0 Å². The molecular weight excluding hydrogens is 310 g/mol. The molecule has 2 aromatic rings. The maximum atomic E-state index is 12.5. The molecule has 2 aromatic carbocycles. The van der Waals surface area contributed by atoms with E-state index in [-0.39, 0.29) is 11.9 Å². The molecule has 0 spiro atoms. The Morgan fingerprint density at radius 1 is 1.00 bits per heavy atom. The zero-order valence-corrected chi connectivity index (χ0v) is 15.6. The monoisotopic (exact) mass is 337 g/mol. The number of ether oxygens (including phenoxy) is 1. The third kappa shape index (κ3) is 4.22. The van der Waals surface area contributed by atoms with Crippen LogP contribution in [-0.4, -0.2) is 12.0 Å². The smallest absolute Gasteiger partial charge is 0.261 e. The SMILES string of the molecule is Cc1cc(C)cc(O[C@H](C)C(=O)N[C@H](C)c2ccc3c(c2)CCC3)c1. The van der Waals surface area contributed by atoms with Crippen molar-refractivity contribution in [2.75, 3.05) is 0 Å². The first kappa shape index (κ1) is 17.5. The number of carbonyl (C=O) groups excluding carboxylic acids is 1. The summed E-state index contributed by atoms with van der Waals surface area (Å²) in [6.45, 7) is 7.88.